The normalized spacial score (nSPS) is 20.7. The minimum absolute atomic E-state index is 0.480. The minimum atomic E-state index is 0.480. The summed E-state index contributed by atoms with van der Waals surface area (Å²) in [4.78, 5) is 4.71. The zero-order chi connectivity index (χ0) is 11.0. The van der Waals surface area contributed by atoms with Gasteiger partial charge in [0.25, 0.3) is 0 Å². The van der Waals surface area contributed by atoms with Crippen LogP contribution in [0.15, 0.2) is 4.60 Å². The SMILES string of the molecule is CC(C)c1nc2n(c1Br)CCC(CN)C2. The number of fused-ring (bicyclic) bond motifs is 1. The van der Waals surface area contributed by atoms with Crippen LogP contribution in [0, 0.1) is 5.92 Å². The number of rotatable bonds is 2. The quantitative estimate of drug-likeness (QED) is 0.897. The second-order valence-corrected chi connectivity index (χ2v) is 5.36. The van der Waals surface area contributed by atoms with E-state index in [9.17, 15) is 0 Å². The first-order chi connectivity index (χ1) is 7.13. The Morgan fingerprint density at radius 3 is 2.93 bits per heavy atom. The lowest BCUT2D eigenvalue weighted by atomic mass is 9.98. The lowest BCUT2D eigenvalue weighted by Gasteiger charge is -2.22. The fourth-order valence-electron chi connectivity index (χ4n) is 2.12. The van der Waals surface area contributed by atoms with Gasteiger partial charge in [-0.25, -0.2) is 4.98 Å². The van der Waals surface area contributed by atoms with Crippen molar-refractivity contribution in [2.24, 2.45) is 11.7 Å². The first kappa shape index (κ1) is 11.1. The third kappa shape index (κ3) is 1.97. The van der Waals surface area contributed by atoms with Gasteiger partial charge in [-0.1, -0.05) is 13.8 Å². The fourth-order valence-corrected chi connectivity index (χ4v) is 3.05. The average molecular weight is 272 g/mol. The van der Waals surface area contributed by atoms with Gasteiger partial charge in [0.15, 0.2) is 0 Å². The molecule has 15 heavy (non-hydrogen) atoms. The molecule has 4 heteroatoms. The number of nitrogens with two attached hydrogens (primary N) is 1. The zero-order valence-corrected chi connectivity index (χ0v) is 10.9. The molecule has 0 spiro atoms. The fraction of sp³-hybridized carbons (Fsp3) is 0.727. The van der Waals surface area contributed by atoms with Crippen LogP contribution in [-0.4, -0.2) is 16.1 Å². The van der Waals surface area contributed by atoms with Crippen LogP contribution in [0.25, 0.3) is 0 Å². The van der Waals surface area contributed by atoms with Crippen molar-refractivity contribution >= 4 is 15.9 Å². The second-order valence-electron chi connectivity index (χ2n) is 4.60. The van der Waals surface area contributed by atoms with E-state index in [2.05, 4.69) is 34.3 Å². The lowest BCUT2D eigenvalue weighted by Crippen LogP contribution is -2.25. The molecule has 2 N–H and O–H groups in total. The third-order valence-electron chi connectivity index (χ3n) is 3.12. The molecule has 0 bridgehead atoms. The van der Waals surface area contributed by atoms with Gasteiger partial charge in [0.05, 0.1) is 5.69 Å². The van der Waals surface area contributed by atoms with E-state index in [0.29, 0.717) is 11.8 Å². The van der Waals surface area contributed by atoms with Crippen molar-refractivity contribution in [2.75, 3.05) is 6.54 Å². The average Bonchev–Trinajstić information content (AvgIpc) is 2.55. The van der Waals surface area contributed by atoms with Crippen LogP contribution in [0.5, 0.6) is 0 Å². The first-order valence-corrected chi connectivity index (χ1v) is 6.37. The van der Waals surface area contributed by atoms with Crippen LogP contribution < -0.4 is 5.73 Å². The van der Waals surface area contributed by atoms with E-state index in [1.165, 1.54) is 22.5 Å². The smallest absolute Gasteiger partial charge is 0.110 e. The number of aromatic nitrogens is 2. The van der Waals surface area contributed by atoms with Gasteiger partial charge < -0.3 is 10.3 Å². The summed E-state index contributed by atoms with van der Waals surface area (Å²) in [5.74, 6) is 2.30. The molecule has 1 aromatic rings. The Kier molecular flexibility index (Phi) is 3.16. The van der Waals surface area contributed by atoms with Crippen LogP contribution in [0.1, 0.15) is 37.7 Å². The number of hydrogen-bond acceptors (Lipinski definition) is 2. The summed E-state index contributed by atoms with van der Waals surface area (Å²) in [5.41, 5.74) is 6.90. The number of nitrogens with zero attached hydrogens (tertiary/aromatic N) is 2. The Labute approximate surface area is 99.2 Å². The molecule has 1 unspecified atom stereocenters. The van der Waals surface area contributed by atoms with Crippen LogP contribution in [-0.2, 0) is 13.0 Å². The summed E-state index contributed by atoms with van der Waals surface area (Å²) in [7, 11) is 0. The van der Waals surface area contributed by atoms with E-state index in [0.717, 1.165) is 19.5 Å². The van der Waals surface area contributed by atoms with Crippen LogP contribution in [0.2, 0.25) is 0 Å². The van der Waals surface area contributed by atoms with Gasteiger partial charge in [-0.05, 0) is 40.7 Å². The van der Waals surface area contributed by atoms with Crippen molar-refractivity contribution in [3.63, 3.8) is 0 Å². The predicted octanol–water partition coefficient (Wildman–Crippen LogP) is 2.29. The molecule has 3 nitrogen and oxygen atoms in total. The molecule has 1 aromatic heterocycles. The Balaban J connectivity index is 2.32. The van der Waals surface area contributed by atoms with E-state index in [4.69, 9.17) is 10.7 Å². The zero-order valence-electron chi connectivity index (χ0n) is 9.33. The van der Waals surface area contributed by atoms with Crippen molar-refractivity contribution in [1.82, 2.24) is 9.55 Å². The number of imidazole rings is 1. The van der Waals surface area contributed by atoms with E-state index >= 15 is 0 Å². The topological polar surface area (TPSA) is 43.8 Å². The molecule has 0 fully saturated rings. The van der Waals surface area contributed by atoms with E-state index < -0.39 is 0 Å². The Bertz CT molecular complexity index is 357. The maximum atomic E-state index is 5.72. The Morgan fingerprint density at radius 2 is 2.33 bits per heavy atom. The highest BCUT2D eigenvalue weighted by atomic mass is 79.9. The van der Waals surface area contributed by atoms with E-state index in [-0.39, 0.29) is 0 Å². The lowest BCUT2D eigenvalue weighted by molar-refractivity contribution is 0.386. The molecular weight excluding hydrogens is 254 g/mol. The molecule has 0 aromatic carbocycles. The van der Waals surface area contributed by atoms with Gasteiger partial charge in [0, 0.05) is 13.0 Å². The summed E-state index contributed by atoms with van der Waals surface area (Å²) >= 11 is 3.65. The third-order valence-corrected chi connectivity index (χ3v) is 3.96. The van der Waals surface area contributed by atoms with Crippen LogP contribution >= 0.6 is 15.9 Å². The van der Waals surface area contributed by atoms with Gasteiger partial charge in [-0.3, -0.25) is 0 Å². The predicted molar refractivity (Wildman–Crippen MR) is 64.9 cm³/mol. The highest BCUT2D eigenvalue weighted by Gasteiger charge is 2.23. The summed E-state index contributed by atoms with van der Waals surface area (Å²) in [6.07, 6.45) is 2.21. The summed E-state index contributed by atoms with van der Waals surface area (Å²) in [6.45, 7) is 6.19. The molecule has 2 rings (SSSR count). The number of halogens is 1. The molecule has 0 amide bonds. The highest BCUT2D eigenvalue weighted by Crippen LogP contribution is 2.30. The van der Waals surface area contributed by atoms with Crippen molar-refractivity contribution < 1.29 is 0 Å². The Morgan fingerprint density at radius 1 is 1.60 bits per heavy atom. The van der Waals surface area contributed by atoms with Gasteiger partial charge >= 0.3 is 0 Å². The molecule has 0 aliphatic carbocycles. The van der Waals surface area contributed by atoms with Gasteiger partial charge in [0.2, 0.25) is 0 Å². The molecule has 0 radical (unpaired) electrons. The molecule has 2 heterocycles. The van der Waals surface area contributed by atoms with Crippen molar-refractivity contribution in [2.45, 2.75) is 39.2 Å². The van der Waals surface area contributed by atoms with Gasteiger partial charge in [0.1, 0.15) is 10.4 Å². The maximum Gasteiger partial charge on any atom is 0.110 e. The highest BCUT2D eigenvalue weighted by molar-refractivity contribution is 9.10. The molecule has 0 saturated heterocycles. The second kappa shape index (κ2) is 4.26. The molecule has 0 saturated carbocycles. The summed E-state index contributed by atoms with van der Waals surface area (Å²) in [6, 6.07) is 0. The molecule has 1 aliphatic heterocycles. The monoisotopic (exact) mass is 271 g/mol. The maximum absolute atomic E-state index is 5.72. The van der Waals surface area contributed by atoms with Crippen LogP contribution in [0.3, 0.4) is 0 Å². The van der Waals surface area contributed by atoms with Crippen LogP contribution in [0.4, 0.5) is 0 Å². The minimum Gasteiger partial charge on any atom is -0.330 e. The van der Waals surface area contributed by atoms with Crippen molar-refractivity contribution in [3.8, 4) is 0 Å². The first-order valence-electron chi connectivity index (χ1n) is 5.58. The molecule has 1 aliphatic rings. The van der Waals surface area contributed by atoms with Crippen molar-refractivity contribution in [1.29, 1.82) is 0 Å². The van der Waals surface area contributed by atoms with E-state index in [1.54, 1.807) is 0 Å². The Hall–Kier alpha value is -0.350. The van der Waals surface area contributed by atoms with Gasteiger partial charge in [-0.15, -0.1) is 0 Å². The molecular formula is C11H18BrN3. The van der Waals surface area contributed by atoms with Crippen molar-refractivity contribution in [3.05, 3.63) is 16.1 Å². The summed E-state index contributed by atoms with van der Waals surface area (Å²) < 4.78 is 3.46. The molecule has 84 valence electrons. The standard InChI is InChI=1S/C11H18BrN3/c1-7(2)10-11(12)15-4-3-8(6-13)5-9(15)14-10/h7-8H,3-6,13H2,1-2H3. The molecule has 1 atom stereocenters. The summed E-state index contributed by atoms with van der Waals surface area (Å²) in [5, 5.41) is 0. The van der Waals surface area contributed by atoms with E-state index in [1.807, 2.05) is 0 Å². The largest absolute Gasteiger partial charge is 0.330 e. The number of hydrogen-bond donors (Lipinski definition) is 1. The van der Waals surface area contributed by atoms with Gasteiger partial charge in [-0.2, -0.15) is 0 Å².